The first-order valence-corrected chi connectivity index (χ1v) is 6.97. The van der Waals surface area contributed by atoms with Crippen molar-refractivity contribution in [3.63, 3.8) is 0 Å². The molecule has 1 aliphatic heterocycles. The average Bonchev–Trinajstić information content (AvgIpc) is 3.01. The second kappa shape index (κ2) is 6.20. The van der Waals surface area contributed by atoms with Crippen molar-refractivity contribution in [3.05, 3.63) is 6.20 Å². The third-order valence-corrected chi connectivity index (χ3v) is 3.61. The number of aliphatic hydroxyl groups excluding tert-OH is 1. The second-order valence-corrected chi connectivity index (χ2v) is 4.93. The van der Waals surface area contributed by atoms with E-state index in [1.165, 1.54) is 0 Å². The Hall–Kier alpha value is -1.97. The second-order valence-electron chi connectivity index (χ2n) is 4.93. The molecule has 0 saturated carbocycles. The Morgan fingerprint density at radius 1 is 1.43 bits per heavy atom. The van der Waals surface area contributed by atoms with Crippen molar-refractivity contribution < 1.29 is 9.84 Å². The lowest BCUT2D eigenvalue weighted by Crippen LogP contribution is -2.38. The van der Waals surface area contributed by atoms with E-state index in [0.29, 0.717) is 18.2 Å². The number of nitrogens with one attached hydrogen (secondary N) is 2. The van der Waals surface area contributed by atoms with Crippen LogP contribution in [0.1, 0.15) is 12.8 Å². The Balaban J connectivity index is 1.77. The molecule has 3 rings (SSSR count). The lowest BCUT2D eigenvalue weighted by molar-refractivity contribution is 0.0158. The molecule has 2 aromatic heterocycles. The molecule has 3 heterocycles. The van der Waals surface area contributed by atoms with E-state index in [2.05, 4.69) is 30.5 Å². The van der Waals surface area contributed by atoms with Crippen molar-refractivity contribution in [2.45, 2.75) is 18.9 Å². The normalized spacial score (nSPS) is 16.6. The van der Waals surface area contributed by atoms with Crippen LogP contribution < -0.4 is 16.2 Å². The standard InChI is InChI=1S/C12H19N7O2/c13-17-12-15-10-9(7-14-18-10)11(16-12)19-3-1-8(2-4-19)21-6-5-20/h7-8,20H,1-6,13H2,(H2,14,15,16,17,18). The number of aromatic nitrogens is 4. The highest BCUT2D eigenvalue weighted by molar-refractivity contribution is 5.87. The molecule has 1 fully saturated rings. The maximum Gasteiger partial charge on any atom is 0.241 e. The Morgan fingerprint density at radius 2 is 2.24 bits per heavy atom. The maximum absolute atomic E-state index is 8.80. The van der Waals surface area contributed by atoms with Crippen molar-refractivity contribution >= 4 is 22.8 Å². The summed E-state index contributed by atoms with van der Waals surface area (Å²) in [5.74, 6) is 6.60. The van der Waals surface area contributed by atoms with E-state index in [1.54, 1.807) is 6.20 Å². The Bertz CT molecular complexity index is 594. The number of nitrogens with zero attached hydrogens (tertiary/aromatic N) is 4. The average molecular weight is 293 g/mol. The molecular formula is C12H19N7O2. The van der Waals surface area contributed by atoms with E-state index >= 15 is 0 Å². The van der Waals surface area contributed by atoms with Gasteiger partial charge in [0.2, 0.25) is 5.95 Å². The maximum atomic E-state index is 8.80. The Labute approximate surface area is 121 Å². The number of nitrogens with two attached hydrogens (primary N) is 1. The third kappa shape index (κ3) is 2.89. The highest BCUT2D eigenvalue weighted by atomic mass is 16.5. The summed E-state index contributed by atoms with van der Waals surface area (Å²) in [5.41, 5.74) is 3.13. The zero-order chi connectivity index (χ0) is 14.7. The van der Waals surface area contributed by atoms with E-state index in [-0.39, 0.29) is 12.7 Å². The summed E-state index contributed by atoms with van der Waals surface area (Å²) in [6, 6.07) is 0. The van der Waals surface area contributed by atoms with E-state index < -0.39 is 0 Å². The number of aliphatic hydroxyl groups is 1. The van der Waals surface area contributed by atoms with Crippen LogP contribution >= 0.6 is 0 Å². The summed E-state index contributed by atoms with van der Waals surface area (Å²) in [7, 11) is 0. The quantitative estimate of drug-likeness (QED) is 0.434. The topological polar surface area (TPSA) is 125 Å². The van der Waals surface area contributed by atoms with Crippen molar-refractivity contribution in [2.75, 3.05) is 36.6 Å². The Morgan fingerprint density at radius 3 is 2.95 bits per heavy atom. The minimum absolute atomic E-state index is 0.0628. The molecule has 2 aromatic rings. The number of piperidine rings is 1. The molecule has 9 heteroatoms. The number of hydrogen-bond donors (Lipinski definition) is 4. The molecule has 9 nitrogen and oxygen atoms in total. The highest BCUT2D eigenvalue weighted by Crippen LogP contribution is 2.26. The number of hydrogen-bond acceptors (Lipinski definition) is 8. The number of H-pyrrole nitrogens is 1. The number of hydrazine groups is 1. The van der Waals surface area contributed by atoms with Gasteiger partial charge in [-0.05, 0) is 12.8 Å². The van der Waals surface area contributed by atoms with E-state index in [0.717, 1.165) is 37.1 Å². The lowest BCUT2D eigenvalue weighted by Gasteiger charge is -2.32. The molecule has 21 heavy (non-hydrogen) atoms. The summed E-state index contributed by atoms with van der Waals surface area (Å²) < 4.78 is 5.57. The van der Waals surface area contributed by atoms with E-state index in [1.807, 2.05) is 0 Å². The van der Waals surface area contributed by atoms with Crippen molar-refractivity contribution in [1.29, 1.82) is 0 Å². The summed E-state index contributed by atoms with van der Waals surface area (Å²) in [6.45, 7) is 2.12. The van der Waals surface area contributed by atoms with Gasteiger partial charge in [-0.15, -0.1) is 0 Å². The van der Waals surface area contributed by atoms with Gasteiger partial charge >= 0.3 is 0 Å². The molecule has 5 N–H and O–H groups in total. The molecule has 0 amide bonds. The number of anilines is 2. The van der Waals surface area contributed by atoms with Crippen molar-refractivity contribution in [3.8, 4) is 0 Å². The van der Waals surface area contributed by atoms with Gasteiger partial charge in [0, 0.05) is 13.1 Å². The van der Waals surface area contributed by atoms with Crippen LogP contribution in [0.2, 0.25) is 0 Å². The van der Waals surface area contributed by atoms with E-state index in [9.17, 15) is 0 Å². The number of aromatic amines is 1. The van der Waals surface area contributed by atoms with Crippen LogP contribution in [0.4, 0.5) is 11.8 Å². The smallest absolute Gasteiger partial charge is 0.241 e. The van der Waals surface area contributed by atoms with Crippen LogP contribution in [0.5, 0.6) is 0 Å². The summed E-state index contributed by atoms with van der Waals surface area (Å²) >= 11 is 0. The fourth-order valence-electron chi connectivity index (χ4n) is 2.58. The molecule has 0 atom stereocenters. The molecule has 1 aliphatic rings. The molecule has 0 aromatic carbocycles. The van der Waals surface area contributed by atoms with Crippen LogP contribution in [0.15, 0.2) is 6.20 Å². The van der Waals surface area contributed by atoms with Crippen LogP contribution in [0, 0.1) is 0 Å². The first kappa shape index (κ1) is 14.0. The number of nitrogen functional groups attached to an aromatic ring is 1. The minimum Gasteiger partial charge on any atom is -0.394 e. The van der Waals surface area contributed by atoms with Gasteiger partial charge in [0.1, 0.15) is 5.82 Å². The molecule has 0 spiro atoms. The fraction of sp³-hybridized carbons (Fsp3) is 0.583. The fourth-order valence-corrected chi connectivity index (χ4v) is 2.58. The number of ether oxygens (including phenoxy) is 1. The van der Waals surface area contributed by atoms with Crippen LogP contribution in [-0.4, -0.2) is 57.7 Å². The summed E-state index contributed by atoms with van der Waals surface area (Å²) in [5, 5.41) is 16.5. The number of rotatable bonds is 5. The summed E-state index contributed by atoms with van der Waals surface area (Å²) in [4.78, 5) is 10.8. The molecule has 114 valence electrons. The predicted octanol–water partition coefficient (Wildman–Crippen LogP) is -0.384. The van der Waals surface area contributed by atoms with Gasteiger partial charge in [-0.3, -0.25) is 10.5 Å². The lowest BCUT2D eigenvalue weighted by atomic mass is 10.1. The summed E-state index contributed by atoms with van der Waals surface area (Å²) in [6.07, 6.45) is 3.71. The highest BCUT2D eigenvalue weighted by Gasteiger charge is 2.23. The predicted molar refractivity (Wildman–Crippen MR) is 77.8 cm³/mol. The van der Waals surface area contributed by atoms with Crippen LogP contribution in [0.25, 0.3) is 11.0 Å². The van der Waals surface area contributed by atoms with Crippen LogP contribution in [-0.2, 0) is 4.74 Å². The minimum atomic E-state index is 0.0628. The van der Waals surface area contributed by atoms with Gasteiger partial charge in [-0.1, -0.05) is 0 Å². The zero-order valence-electron chi connectivity index (χ0n) is 11.6. The van der Waals surface area contributed by atoms with Gasteiger partial charge in [0.05, 0.1) is 30.9 Å². The van der Waals surface area contributed by atoms with Crippen LogP contribution in [0.3, 0.4) is 0 Å². The molecular weight excluding hydrogens is 274 g/mol. The monoisotopic (exact) mass is 293 g/mol. The van der Waals surface area contributed by atoms with Crippen molar-refractivity contribution in [2.24, 2.45) is 5.84 Å². The number of fused-ring (bicyclic) bond motifs is 1. The molecule has 0 aliphatic carbocycles. The first-order chi connectivity index (χ1) is 10.3. The van der Waals surface area contributed by atoms with Gasteiger partial charge in [0.15, 0.2) is 5.65 Å². The largest absolute Gasteiger partial charge is 0.394 e. The molecule has 0 radical (unpaired) electrons. The van der Waals surface area contributed by atoms with Gasteiger partial charge < -0.3 is 14.7 Å². The SMILES string of the molecule is NNc1nc(N2CCC(OCCO)CC2)c2cn[nH]c2n1. The molecule has 0 unspecified atom stereocenters. The Kier molecular flexibility index (Phi) is 4.13. The molecule has 1 saturated heterocycles. The van der Waals surface area contributed by atoms with E-state index in [4.69, 9.17) is 15.7 Å². The first-order valence-electron chi connectivity index (χ1n) is 6.97. The van der Waals surface area contributed by atoms with Gasteiger partial charge in [-0.2, -0.15) is 15.1 Å². The molecule has 0 bridgehead atoms. The third-order valence-electron chi connectivity index (χ3n) is 3.61. The van der Waals surface area contributed by atoms with Gasteiger partial charge in [0.25, 0.3) is 0 Å². The van der Waals surface area contributed by atoms with Crippen molar-refractivity contribution in [1.82, 2.24) is 20.2 Å². The van der Waals surface area contributed by atoms with Gasteiger partial charge in [-0.25, -0.2) is 5.84 Å². The zero-order valence-corrected chi connectivity index (χ0v) is 11.6.